The van der Waals surface area contributed by atoms with Crippen LogP contribution in [0.4, 0.5) is 0 Å². The Labute approximate surface area is 187 Å². The summed E-state index contributed by atoms with van der Waals surface area (Å²) >= 11 is 0. The molecule has 3 aromatic carbocycles. The molecule has 0 spiro atoms. The third kappa shape index (κ3) is 4.94. The number of aromatic nitrogens is 2. The van der Waals surface area contributed by atoms with Gasteiger partial charge in [0.2, 0.25) is 5.91 Å². The minimum absolute atomic E-state index is 0.0922. The predicted molar refractivity (Wildman–Crippen MR) is 128 cm³/mol. The first-order valence-corrected chi connectivity index (χ1v) is 10.9. The largest absolute Gasteiger partial charge is 0.352 e. The Morgan fingerprint density at radius 1 is 0.938 bits per heavy atom. The lowest BCUT2D eigenvalue weighted by Gasteiger charge is -2.14. The molecule has 0 atom stereocenters. The van der Waals surface area contributed by atoms with Crippen molar-refractivity contribution in [2.45, 2.75) is 39.8 Å². The topological polar surface area (TPSA) is 64.0 Å². The fourth-order valence-electron chi connectivity index (χ4n) is 3.75. The fourth-order valence-corrected chi connectivity index (χ4v) is 3.75. The average molecular weight is 426 g/mol. The van der Waals surface area contributed by atoms with Crippen LogP contribution in [0.15, 0.2) is 77.6 Å². The normalized spacial score (nSPS) is 10.9. The number of fused-ring (bicyclic) bond motifs is 1. The number of aryl methyl sites for hydroxylation is 3. The Morgan fingerprint density at radius 2 is 1.66 bits per heavy atom. The molecule has 5 nitrogen and oxygen atoms in total. The lowest BCUT2D eigenvalue weighted by atomic mass is 10.1. The maximum atomic E-state index is 13.3. The van der Waals surface area contributed by atoms with Crippen LogP contribution >= 0.6 is 0 Å². The van der Waals surface area contributed by atoms with E-state index in [1.54, 1.807) is 4.57 Å². The second-order valence-corrected chi connectivity index (χ2v) is 8.13. The Bertz CT molecular complexity index is 1310. The maximum Gasteiger partial charge on any atom is 0.273 e. The molecule has 4 aromatic rings. The summed E-state index contributed by atoms with van der Waals surface area (Å²) in [5, 5.41) is 2.93. The summed E-state index contributed by atoms with van der Waals surface area (Å²) in [7, 11) is 0. The van der Waals surface area contributed by atoms with Gasteiger partial charge in [-0.2, -0.15) is 0 Å². The second-order valence-electron chi connectivity index (χ2n) is 8.13. The zero-order chi connectivity index (χ0) is 22.5. The van der Waals surface area contributed by atoms with E-state index in [-0.39, 0.29) is 17.9 Å². The molecule has 5 heteroatoms. The first-order chi connectivity index (χ1) is 15.5. The smallest absolute Gasteiger partial charge is 0.273 e. The molecule has 0 bridgehead atoms. The van der Waals surface area contributed by atoms with Crippen LogP contribution in [-0.4, -0.2) is 15.5 Å². The van der Waals surface area contributed by atoms with Crippen molar-refractivity contribution < 1.29 is 4.79 Å². The van der Waals surface area contributed by atoms with Crippen molar-refractivity contribution in [2.75, 3.05) is 0 Å². The van der Waals surface area contributed by atoms with Gasteiger partial charge < -0.3 is 9.88 Å². The van der Waals surface area contributed by atoms with Crippen LogP contribution in [0.25, 0.3) is 11.0 Å². The van der Waals surface area contributed by atoms with Gasteiger partial charge in [-0.15, -0.1) is 0 Å². The van der Waals surface area contributed by atoms with E-state index >= 15 is 0 Å². The van der Waals surface area contributed by atoms with E-state index < -0.39 is 0 Å². The molecule has 1 N–H and O–H groups in total. The van der Waals surface area contributed by atoms with Gasteiger partial charge in [-0.3, -0.25) is 9.59 Å². The molecule has 0 saturated heterocycles. The molecule has 0 aliphatic heterocycles. The summed E-state index contributed by atoms with van der Waals surface area (Å²) in [6, 6.07) is 23.8. The number of amides is 1. The molecule has 4 rings (SSSR count). The van der Waals surface area contributed by atoms with E-state index in [4.69, 9.17) is 0 Å². The van der Waals surface area contributed by atoms with Crippen LogP contribution in [0.5, 0.6) is 0 Å². The maximum absolute atomic E-state index is 13.3. The van der Waals surface area contributed by atoms with Crippen molar-refractivity contribution in [1.82, 2.24) is 14.9 Å². The van der Waals surface area contributed by atoms with Gasteiger partial charge in [-0.05, 0) is 42.7 Å². The lowest BCUT2D eigenvalue weighted by molar-refractivity contribution is -0.121. The van der Waals surface area contributed by atoms with E-state index in [0.717, 1.165) is 27.7 Å². The van der Waals surface area contributed by atoms with E-state index in [0.29, 0.717) is 25.2 Å². The molecular formula is C27H27N3O2. The zero-order valence-corrected chi connectivity index (χ0v) is 18.5. The molecule has 1 amide bonds. The van der Waals surface area contributed by atoms with E-state index in [1.165, 1.54) is 5.56 Å². The minimum atomic E-state index is -0.140. The summed E-state index contributed by atoms with van der Waals surface area (Å²) in [6.07, 6.45) is 0.522. The quantitative estimate of drug-likeness (QED) is 0.480. The average Bonchev–Trinajstić information content (AvgIpc) is 2.80. The Kier molecular flexibility index (Phi) is 6.45. The molecule has 0 saturated carbocycles. The number of carbonyl (C=O) groups excluding carboxylic acids is 1. The van der Waals surface area contributed by atoms with Gasteiger partial charge in [-0.25, -0.2) is 4.98 Å². The van der Waals surface area contributed by atoms with Gasteiger partial charge in [0.15, 0.2) is 0 Å². The van der Waals surface area contributed by atoms with Gasteiger partial charge in [-0.1, -0.05) is 66.2 Å². The van der Waals surface area contributed by atoms with Crippen LogP contribution in [0.1, 0.15) is 34.4 Å². The molecule has 1 heterocycles. The zero-order valence-electron chi connectivity index (χ0n) is 18.5. The van der Waals surface area contributed by atoms with Crippen molar-refractivity contribution in [2.24, 2.45) is 0 Å². The van der Waals surface area contributed by atoms with E-state index in [2.05, 4.69) is 10.3 Å². The number of hydrogen-bond acceptors (Lipinski definition) is 3. The van der Waals surface area contributed by atoms with Crippen molar-refractivity contribution >= 4 is 16.9 Å². The summed E-state index contributed by atoms with van der Waals surface area (Å²) in [4.78, 5) is 30.3. The molecule has 0 aliphatic rings. The molecule has 0 aliphatic carbocycles. The number of nitrogens with one attached hydrogen (secondary N) is 1. The molecule has 0 unspecified atom stereocenters. The van der Waals surface area contributed by atoms with E-state index in [9.17, 15) is 9.59 Å². The summed E-state index contributed by atoms with van der Waals surface area (Å²) < 4.78 is 1.77. The second kappa shape index (κ2) is 9.60. The molecule has 1 aromatic heterocycles. The number of rotatable bonds is 7. The first kappa shape index (κ1) is 21.5. The minimum Gasteiger partial charge on any atom is -0.352 e. The molecule has 32 heavy (non-hydrogen) atoms. The number of carbonyl (C=O) groups is 1. The van der Waals surface area contributed by atoms with Crippen molar-refractivity contribution in [3.63, 3.8) is 0 Å². The number of hydrogen-bond donors (Lipinski definition) is 1. The third-order valence-corrected chi connectivity index (χ3v) is 5.71. The van der Waals surface area contributed by atoms with Crippen LogP contribution in [-0.2, 0) is 24.3 Å². The van der Waals surface area contributed by atoms with Crippen LogP contribution in [0.2, 0.25) is 0 Å². The van der Waals surface area contributed by atoms with Gasteiger partial charge in [0.1, 0.15) is 5.69 Å². The van der Waals surface area contributed by atoms with Crippen LogP contribution < -0.4 is 10.9 Å². The molecular weight excluding hydrogens is 398 g/mol. The highest BCUT2D eigenvalue weighted by Gasteiger charge is 2.13. The standard InChI is InChI=1S/C27H27N3O2/c1-19-11-13-21(14-12-19)17-28-26(31)16-15-24-27(32)30(18-22-8-4-3-7-20(22)2)25-10-6-5-9-23(25)29-24/h3-14H,15-18H2,1-2H3,(H,28,31). The van der Waals surface area contributed by atoms with Crippen LogP contribution in [0, 0.1) is 13.8 Å². The highest BCUT2D eigenvalue weighted by molar-refractivity contribution is 5.77. The van der Waals surface area contributed by atoms with Crippen molar-refractivity contribution in [3.8, 4) is 0 Å². The Morgan fingerprint density at radius 3 is 2.44 bits per heavy atom. The van der Waals surface area contributed by atoms with Gasteiger partial charge >= 0.3 is 0 Å². The van der Waals surface area contributed by atoms with Crippen LogP contribution in [0.3, 0.4) is 0 Å². The van der Waals surface area contributed by atoms with Crippen molar-refractivity contribution in [3.05, 3.63) is 111 Å². The summed E-state index contributed by atoms with van der Waals surface area (Å²) in [6.45, 7) is 5.02. The Balaban J connectivity index is 1.53. The lowest BCUT2D eigenvalue weighted by Crippen LogP contribution is -2.28. The SMILES string of the molecule is Cc1ccc(CNC(=O)CCc2nc3ccccc3n(Cc3ccccc3C)c2=O)cc1. The van der Waals surface area contributed by atoms with Crippen molar-refractivity contribution in [1.29, 1.82) is 0 Å². The number of benzene rings is 3. The Hall–Kier alpha value is -3.73. The van der Waals surface area contributed by atoms with E-state index in [1.807, 2.05) is 86.6 Å². The predicted octanol–water partition coefficient (Wildman–Crippen LogP) is 4.31. The molecule has 0 fully saturated rings. The first-order valence-electron chi connectivity index (χ1n) is 10.9. The summed E-state index contributed by atoms with van der Waals surface area (Å²) in [5.74, 6) is -0.0922. The number of para-hydroxylation sites is 2. The molecule has 0 radical (unpaired) electrons. The van der Waals surface area contributed by atoms with Gasteiger partial charge in [0, 0.05) is 19.4 Å². The fraction of sp³-hybridized carbons (Fsp3) is 0.222. The summed E-state index contributed by atoms with van der Waals surface area (Å²) in [5.41, 5.74) is 6.30. The van der Waals surface area contributed by atoms with Gasteiger partial charge in [0.25, 0.3) is 5.56 Å². The highest BCUT2D eigenvalue weighted by atomic mass is 16.1. The highest BCUT2D eigenvalue weighted by Crippen LogP contribution is 2.15. The number of nitrogens with zero attached hydrogens (tertiary/aromatic N) is 2. The third-order valence-electron chi connectivity index (χ3n) is 5.71. The monoisotopic (exact) mass is 425 g/mol. The van der Waals surface area contributed by atoms with Gasteiger partial charge in [0.05, 0.1) is 17.6 Å². The molecule has 162 valence electrons.